The standard InChI is InChI=1S/C14H23O2.3CH3.Sn/c1-4-5-6-12-7-8-13(9-14(12)15)16-10-11(2)3;;;;/h5,9,11-12,14-15H,6-8,10H2,1-3H3;3*1H3;. The Bertz CT molecular complexity index is 364. The maximum absolute atomic E-state index is 10.3. The molecule has 0 heterocycles. The van der Waals surface area contributed by atoms with Crippen LogP contribution in [0.15, 0.2) is 21.5 Å². The summed E-state index contributed by atoms with van der Waals surface area (Å²) in [5.74, 6) is 1.89. The van der Waals surface area contributed by atoms with Crippen LogP contribution in [0.25, 0.3) is 0 Å². The van der Waals surface area contributed by atoms with Gasteiger partial charge in [0.1, 0.15) is 0 Å². The predicted molar refractivity (Wildman–Crippen MR) is 89.3 cm³/mol. The van der Waals surface area contributed by atoms with Crippen LogP contribution in [0.5, 0.6) is 0 Å². The van der Waals surface area contributed by atoms with Gasteiger partial charge in [0.15, 0.2) is 0 Å². The van der Waals surface area contributed by atoms with E-state index in [-0.39, 0.29) is 6.10 Å². The van der Waals surface area contributed by atoms with Crippen LogP contribution < -0.4 is 0 Å². The maximum atomic E-state index is 10.3. The average molecular weight is 387 g/mol. The Morgan fingerprint density at radius 2 is 2.10 bits per heavy atom. The van der Waals surface area contributed by atoms with Gasteiger partial charge in [0.25, 0.3) is 0 Å². The molecule has 2 unspecified atom stereocenters. The van der Waals surface area contributed by atoms with Crippen LogP contribution in [-0.2, 0) is 4.74 Å². The van der Waals surface area contributed by atoms with Crippen molar-refractivity contribution in [2.45, 2.75) is 61.0 Å². The molecule has 0 saturated carbocycles. The fourth-order valence-electron chi connectivity index (χ4n) is 2.19. The Balaban J connectivity index is 2.52. The molecule has 0 spiro atoms. The Kier molecular flexibility index (Phi) is 7.13. The number of aliphatic hydroxyl groups excluding tert-OH is 1. The van der Waals surface area contributed by atoms with Gasteiger partial charge in [0.05, 0.1) is 0 Å². The van der Waals surface area contributed by atoms with E-state index in [0.29, 0.717) is 11.8 Å². The third kappa shape index (κ3) is 6.21. The zero-order valence-electron chi connectivity index (χ0n) is 14.1. The zero-order valence-corrected chi connectivity index (χ0v) is 16.9. The first-order chi connectivity index (χ1) is 9.20. The summed E-state index contributed by atoms with van der Waals surface area (Å²) >= 11 is -1.88. The Labute approximate surface area is 129 Å². The van der Waals surface area contributed by atoms with Crippen LogP contribution in [0.4, 0.5) is 0 Å². The molecule has 20 heavy (non-hydrogen) atoms. The van der Waals surface area contributed by atoms with Crippen molar-refractivity contribution in [2.24, 2.45) is 11.8 Å². The van der Waals surface area contributed by atoms with E-state index >= 15 is 0 Å². The molecule has 3 heteroatoms. The van der Waals surface area contributed by atoms with E-state index in [1.165, 1.54) is 0 Å². The van der Waals surface area contributed by atoms with Crippen LogP contribution >= 0.6 is 0 Å². The minimum absolute atomic E-state index is 0.342. The molecule has 1 rings (SSSR count). The molecule has 0 amide bonds. The number of hydrogen-bond donors (Lipinski definition) is 1. The van der Waals surface area contributed by atoms with Gasteiger partial charge in [-0.25, -0.2) is 0 Å². The van der Waals surface area contributed by atoms with Crippen LogP contribution in [-0.4, -0.2) is 36.2 Å². The van der Waals surface area contributed by atoms with Crippen molar-refractivity contribution in [1.82, 2.24) is 0 Å². The van der Waals surface area contributed by atoms with Crippen molar-refractivity contribution in [3.63, 3.8) is 0 Å². The summed E-state index contributed by atoms with van der Waals surface area (Å²) in [5, 5.41) is 10.3. The third-order valence-corrected chi connectivity index (χ3v) is 11.4. The molecular weight excluding hydrogens is 355 g/mol. The van der Waals surface area contributed by atoms with Crippen LogP contribution in [0, 0.1) is 11.8 Å². The number of rotatable bonds is 6. The van der Waals surface area contributed by atoms with E-state index in [1.807, 2.05) is 6.08 Å². The summed E-state index contributed by atoms with van der Waals surface area (Å²) in [6, 6.07) is 0. The van der Waals surface area contributed by atoms with Crippen molar-refractivity contribution in [3.8, 4) is 0 Å². The molecule has 116 valence electrons. The normalized spacial score (nSPS) is 24.8. The van der Waals surface area contributed by atoms with Crippen LogP contribution in [0.1, 0.15) is 40.0 Å². The molecular formula is C17H32O2Sn. The first-order valence-corrected chi connectivity index (χ1v) is 17.9. The fraction of sp³-hybridized carbons (Fsp3) is 0.765. The molecule has 0 radical (unpaired) electrons. The molecule has 0 aromatic rings. The van der Waals surface area contributed by atoms with Gasteiger partial charge < -0.3 is 0 Å². The molecule has 0 aromatic carbocycles. The van der Waals surface area contributed by atoms with Gasteiger partial charge in [-0.3, -0.25) is 0 Å². The van der Waals surface area contributed by atoms with E-state index < -0.39 is 18.4 Å². The summed E-state index contributed by atoms with van der Waals surface area (Å²) in [6.45, 7) is 7.32. The van der Waals surface area contributed by atoms with E-state index in [0.717, 1.165) is 31.6 Å². The van der Waals surface area contributed by atoms with Gasteiger partial charge in [0.2, 0.25) is 0 Å². The van der Waals surface area contributed by atoms with Gasteiger partial charge in [-0.15, -0.1) is 0 Å². The van der Waals surface area contributed by atoms with Crippen molar-refractivity contribution in [3.05, 3.63) is 21.5 Å². The summed E-state index contributed by atoms with van der Waals surface area (Å²) in [5.41, 5.74) is 0. The van der Waals surface area contributed by atoms with Gasteiger partial charge in [-0.1, -0.05) is 0 Å². The van der Waals surface area contributed by atoms with Crippen molar-refractivity contribution < 1.29 is 9.84 Å². The second-order valence-corrected chi connectivity index (χ2v) is 22.6. The van der Waals surface area contributed by atoms with Gasteiger partial charge in [0, 0.05) is 0 Å². The quantitative estimate of drug-likeness (QED) is 0.679. The Morgan fingerprint density at radius 3 is 2.60 bits per heavy atom. The number of aliphatic hydroxyl groups is 1. The van der Waals surface area contributed by atoms with E-state index in [4.69, 9.17) is 4.74 Å². The van der Waals surface area contributed by atoms with Gasteiger partial charge in [-0.05, 0) is 0 Å². The summed E-state index contributed by atoms with van der Waals surface area (Å²) in [4.78, 5) is 7.32. The molecule has 2 atom stereocenters. The molecule has 0 saturated heterocycles. The Morgan fingerprint density at radius 1 is 1.45 bits per heavy atom. The van der Waals surface area contributed by atoms with Crippen molar-refractivity contribution in [1.29, 1.82) is 0 Å². The molecule has 0 aromatic heterocycles. The number of allylic oxidation sites excluding steroid dienone is 3. The summed E-state index contributed by atoms with van der Waals surface area (Å²) in [7, 11) is 0. The first-order valence-electron chi connectivity index (χ1n) is 7.89. The minimum atomic E-state index is -1.88. The number of hydrogen-bond acceptors (Lipinski definition) is 2. The number of ether oxygens (including phenoxy) is 1. The summed E-state index contributed by atoms with van der Waals surface area (Å²) in [6.07, 6.45) is 6.99. The third-order valence-electron chi connectivity index (χ3n) is 4.11. The molecule has 1 N–H and O–H groups in total. The van der Waals surface area contributed by atoms with Crippen LogP contribution in [0.2, 0.25) is 14.8 Å². The van der Waals surface area contributed by atoms with E-state index in [1.54, 1.807) is 3.59 Å². The van der Waals surface area contributed by atoms with Crippen molar-refractivity contribution >= 4 is 18.4 Å². The van der Waals surface area contributed by atoms with E-state index in [9.17, 15) is 5.11 Å². The second-order valence-electron chi connectivity index (χ2n) is 7.50. The first kappa shape index (κ1) is 18.1. The van der Waals surface area contributed by atoms with Gasteiger partial charge in [-0.2, -0.15) is 0 Å². The zero-order chi connectivity index (χ0) is 15.3. The monoisotopic (exact) mass is 388 g/mol. The molecule has 1 aliphatic rings. The Hall–Kier alpha value is 0.0387. The SMILES string of the molecule is C/[C](=C/CC1CCC(OCC(C)C)=CC1O)[Sn]([CH3])([CH3])[CH3]. The molecule has 0 fully saturated rings. The van der Waals surface area contributed by atoms with E-state index in [2.05, 4.69) is 41.7 Å². The fourth-order valence-corrected chi connectivity index (χ4v) is 4.28. The second kappa shape index (κ2) is 7.88. The topological polar surface area (TPSA) is 29.5 Å². The van der Waals surface area contributed by atoms with Crippen molar-refractivity contribution in [2.75, 3.05) is 6.61 Å². The van der Waals surface area contributed by atoms with Crippen LogP contribution in [0.3, 0.4) is 0 Å². The molecule has 1 aliphatic carbocycles. The average Bonchev–Trinajstić information content (AvgIpc) is 2.33. The van der Waals surface area contributed by atoms with Gasteiger partial charge >= 0.3 is 129 Å². The molecule has 2 nitrogen and oxygen atoms in total. The predicted octanol–water partition coefficient (Wildman–Crippen LogP) is 4.53. The molecule has 0 bridgehead atoms. The molecule has 0 aliphatic heterocycles. The summed E-state index contributed by atoms with van der Waals surface area (Å²) < 4.78 is 7.35.